The van der Waals surface area contributed by atoms with Crippen LogP contribution in [0.15, 0.2) is 30.3 Å². The Bertz CT molecular complexity index is 995. The molecule has 4 heterocycles. The zero-order chi connectivity index (χ0) is 22.6. The molecule has 0 unspecified atom stereocenters. The molecule has 1 aromatic heterocycles. The van der Waals surface area contributed by atoms with Gasteiger partial charge in [0.05, 0.1) is 12.7 Å². The van der Waals surface area contributed by atoms with Crippen LogP contribution in [0, 0.1) is 0 Å². The number of nitrogens with one attached hydrogen (secondary N) is 1. The summed E-state index contributed by atoms with van der Waals surface area (Å²) in [5.74, 6) is 1.09. The van der Waals surface area contributed by atoms with Crippen molar-refractivity contribution in [3.8, 4) is 5.75 Å². The van der Waals surface area contributed by atoms with E-state index >= 15 is 0 Å². The average molecular weight is 452 g/mol. The molecule has 0 aliphatic carbocycles. The van der Waals surface area contributed by atoms with Crippen molar-refractivity contribution in [2.45, 2.75) is 57.1 Å². The quantitative estimate of drug-likeness (QED) is 0.564. The second-order valence-electron chi connectivity index (χ2n) is 9.24. The molecule has 33 heavy (non-hydrogen) atoms. The molecule has 0 amide bonds. The van der Waals surface area contributed by atoms with E-state index in [4.69, 9.17) is 14.5 Å². The van der Waals surface area contributed by atoms with Gasteiger partial charge in [0.1, 0.15) is 17.6 Å². The standard InChI is InChI=1S/C26H33N3O4/c30-26(31)24(22-7-3-8-23-21(22)12-16-33-23)29-14-11-20(17-29)32-15-2-1-6-19-10-9-18-5-4-13-27-25(18)28-19/h3,7-10,20,24H,1-2,4-6,11-17H2,(H,27,28)(H,30,31)/t20-,24-/m1/s1. The van der Waals surface area contributed by atoms with Gasteiger partial charge < -0.3 is 19.9 Å². The minimum Gasteiger partial charge on any atom is -0.493 e. The molecule has 2 aromatic rings. The number of anilines is 1. The number of hydrogen-bond donors (Lipinski definition) is 2. The van der Waals surface area contributed by atoms with E-state index in [0.717, 1.165) is 80.0 Å². The molecular weight excluding hydrogens is 418 g/mol. The number of nitrogens with zero attached hydrogens (tertiary/aromatic N) is 2. The van der Waals surface area contributed by atoms with Crippen LogP contribution in [0.2, 0.25) is 0 Å². The fraction of sp³-hybridized carbons (Fsp3) is 0.538. The van der Waals surface area contributed by atoms with E-state index in [1.54, 1.807) is 0 Å². The fourth-order valence-electron chi connectivity index (χ4n) is 5.28. The van der Waals surface area contributed by atoms with Crippen molar-refractivity contribution in [3.05, 3.63) is 52.7 Å². The van der Waals surface area contributed by atoms with Gasteiger partial charge in [-0.2, -0.15) is 0 Å². The lowest BCUT2D eigenvalue weighted by Crippen LogP contribution is -2.34. The Kier molecular flexibility index (Phi) is 6.78. The molecule has 7 nitrogen and oxygen atoms in total. The first-order valence-corrected chi connectivity index (χ1v) is 12.2. The van der Waals surface area contributed by atoms with Crippen molar-refractivity contribution in [2.24, 2.45) is 0 Å². The SMILES string of the molecule is O=C(O)[C@@H](c1cccc2c1CCO2)N1CC[C@@H](OCCCCc2ccc3c(n2)NCCC3)C1. The number of carboxylic acids is 1. The maximum Gasteiger partial charge on any atom is 0.325 e. The van der Waals surface area contributed by atoms with Crippen LogP contribution in [-0.4, -0.2) is 59.9 Å². The van der Waals surface area contributed by atoms with Crippen LogP contribution in [0.1, 0.15) is 54.1 Å². The molecule has 2 N–H and O–H groups in total. The number of carbonyl (C=O) groups is 1. The normalized spacial score (nSPS) is 20.5. The van der Waals surface area contributed by atoms with Crippen molar-refractivity contribution in [1.82, 2.24) is 9.88 Å². The van der Waals surface area contributed by atoms with E-state index in [-0.39, 0.29) is 6.10 Å². The van der Waals surface area contributed by atoms with E-state index in [1.165, 1.54) is 12.0 Å². The molecule has 1 saturated heterocycles. The van der Waals surface area contributed by atoms with Gasteiger partial charge in [0.25, 0.3) is 0 Å². The van der Waals surface area contributed by atoms with Crippen LogP contribution >= 0.6 is 0 Å². The van der Waals surface area contributed by atoms with Crippen LogP contribution in [0.5, 0.6) is 5.75 Å². The van der Waals surface area contributed by atoms with Crippen LogP contribution in [0.3, 0.4) is 0 Å². The van der Waals surface area contributed by atoms with Crippen LogP contribution in [0.4, 0.5) is 5.82 Å². The molecule has 0 radical (unpaired) electrons. The molecule has 7 heteroatoms. The zero-order valence-corrected chi connectivity index (χ0v) is 19.1. The maximum absolute atomic E-state index is 12.2. The number of aliphatic carboxylic acids is 1. The number of unbranched alkanes of at least 4 members (excludes halogenated alkanes) is 1. The summed E-state index contributed by atoms with van der Waals surface area (Å²) < 4.78 is 11.8. The van der Waals surface area contributed by atoms with E-state index < -0.39 is 12.0 Å². The minimum atomic E-state index is -0.803. The number of rotatable bonds is 9. The number of fused-ring (bicyclic) bond motifs is 2. The van der Waals surface area contributed by atoms with Crippen molar-refractivity contribution in [1.29, 1.82) is 0 Å². The Morgan fingerprint density at radius 3 is 3.12 bits per heavy atom. The van der Waals surface area contributed by atoms with E-state index in [0.29, 0.717) is 19.8 Å². The van der Waals surface area contributed by atoms with Gasteiger partial charge in [0.15, 0.2) is 0 Å². The highest BCUT2D eigenvalue weighted by molar-refractivity contribution is 5.77. The highest BCUT2D eigenvalue weighted by Crippen LogP contribution is 2.35. The second kappa shape index (κ2) is 10.1. The summed E-state index contributed by atoms with van der Waals surface area (Å²) in [5.41, 5.74) is 4.37. The number of aromatic nitrogens is 1. The lowest BCUT2D eigenvalue weighted by Gasteiger charge is -2.26. The van der Waals surface area contributed by atoms with Crippen molar-refractivity contribution in [2.75, 3.05) is 38.2 Å². The lowest BCUT2D eigenvalue weighted by atomic mass is 9.97. The minimum absolute atomic E-state index is 0.0888. The lowest BCUT2D eigenvalue weighted by molar-refractivity contribution is -0.143. The van der Waals surface area contributed by atoms with Gasteiger partial charge in [-0.25, -0.2) is 4.98 Å². The Morgan fingerprint density at radius 1 is 1.27 bits per heavy atom. The number of likely N-dealkylation sites (tertiary alicyclic amines) is 1. The van der Waals surface area contributed by atoms with Crippen LogP contribution in [-0.2, 0) is 28.8 Å². The predicted molar refractivity (Wildman–Crippen MR) is 126 cm³/mol. The van der Waals surface area contributed by atoms with Crippen molar-refractivity contribution >= 4 is 11.8 Å². The molecule has 3 aliphatic heterocycles. The fourth-order valence-corrected chi connectivity index (χ4v) is 5.28. The zero-order valence-electron chi connectivity index (χ0n) is 19.1. The summed E-state index contributed by atoms with van der Waals surface area (Å²) in [6, 6.07) is 9.48. The molecular formula is C26H33N3O4. The highest BCUT2D eigenvalue weighted by atomic mass is 16.5. The van der Waals surface area contributed by atoms with Gasteiger partial charge >= 0.3 is 5.97 Å². The van der Waals surface area contributed by atoms with E-state index in [1.807, 2.05) is 23.1 Å². The number of hydrogen-bond acceptors (Lipinski definition) is 6. The highest BCUT2D eigenvalue weighted by Gasteiger charge is 2.36. The molecule has 1 fully saturated rings. The Hall–Kier alpha value is -2.64. The molecule has 176 valence electrons. The molecule has 2 atom stereocenters. The first kappa shape index (κ1) is 22.2. The topological polar surface area (TPSA) is 83.9 Å². The first-order valence-electron chi connectivity index (χ1n) is 12.2. The number of ether oxygens (including phenoxy) is 2. The number of benzene rings is 1. The van der Waals surface area contributed by atoms with Crippen molar-refractivity contribution in [3.63, 3.8) is 0 Å². The maximum atomic E-state index is 12.2. The molecule has 5 rings (SSSR count). The van der Waals surface area contributed by atoms with Crippen LogP contribution < -0.4 is 10.1 Å². The van der Waals surface area contributed by atoms with Gasteiger partial charge in [0.2, 0.25) is 0 Å². The van der Waals surface area contributed by atoms with Gasteiger partial charge in [-0.05, 0) is 61.8 Å². The van der Waals surface area contributed by atoms with E-state index in [2.05, 4.69) is 17.4 Å². The largest absolute Gasteiger partial charge is 0.493 e. The summed E-state index contributed by atoms with van der Waals surface area (Å²) in [7, 11) is 0. The Labute approximate surface area is 195 Å². The van der Waals surface area contributed by atoms with Gasteiger partial charge in [-0.15, -0.1) is 0 Å². The smallest absolute Gasteiger partial charge is 0.325 e. The second-order valence-corrected chi connectivity index (χ2v) is 9.24. The van der Waals surface area contributed by atoms with Crippen molar-refractivity contribution < 1.29 is 19.4 Å². The number of pyridine rings is 1. The third-order valence-corrected chi connectivity index (χ3v) is 6.98. The molecule has 0 saturated carbocycles. The molecule has 0 bridgehead atoms. The molecule has 3 aliphatic rings. The Morgan fingerprint density at radius 2 is 2.21 bits per heavy atom. The van der Waals surface area contributed by atoms with Gasteiger partial charge in [0, 0.05) is 43.9 Å². The summed E-state index contributed by atoms with van der Waals surface area (Å²) in [5, 5.41) is 13.4. The monoisotopic (exact) mass is 451 g/mol. The van der Waals surface area contributed by atoms with E-state index in [9.17, 15) is 9.90 Å². The first-order chi connectivity index (χ1) is 16.2. The van der Waals surface area contributed by atoms with Crippen LogP contribution in [0.25, 0.3) is 0 Å². The predicted octanol–water partition coefficient (Wildman–Crippen LogP) is 3.61. The third kappa shape index (κ3) is 4.99. The number of carboxylic acid groups (broad SMARTS) is 1. The van der Waals surface area contributed by atoms with Gasteiger partial charge in [-0.1, -0.05) is 18.2 Å². The average Bonchev–Trinajstić information content (AvgIpc) is 3.49. The van der Waals surface area contributed by atoms with Gasteiger partial charge in [-0.3, -0.25) is 9.69 Å². The number of aryl methyl sites for hydroxylation is 2. The summed E-state index contributed by atoms with van der Waals surface area (Å²) in [6.45, 7) is 3.73. The molecule has 0 spiro atoms. The summed E-state index contributed by atoms with van der Waals surface area (Å²) in [4.78, 5) is 19.0. The molecule has 1 aromatic carbocycles. The summed E-state index contributed by atoms with van der Waals surface area (Å²) >= 11 is 0. The Balaban J connectivity index is 1.09. The summed E-state index contributed by atoms with van der Waals surface area (Å²) in [6.07, 6.45) is 7.00. The third-order valence-electron chi connectivity index (χ3n) is 6.98.